The minimum absolute atomic E-state index is 0.726. The summed E-state index contributed by atoms with van der Waals surface area (Å²) >= 11 is 2.04. The summed E-state index contributed by atoms with van der Waals surface area (Å²) in [6.07, 6.45) is 10.8. The van der Waals surface area contributed by atoms with Gasteiger partial charge in [-0.3, -0.25) is 0 Å². The maximum absolute atomic E-state index is 2.47. The van der Waals surface area contributed by atoms with Gasteiger partial charge in [-0.15, -0.1) is 11.8 Å². The minimum atomic E-state index is 0.726. The monoisotopic (exact) mass is 249 g/mol. The standard InChI is InChI=1S/C15H23NS/c1-4-16(5-2)14-9-7-13(8-10-14)15-11-6-12(3)17-15/h6-7,9,15H,4-5,8,10-11H2,1-3H3. The van der Waals surface area contributed by atoms with Crippen LogP contribution in [0.4, 0.5) is 0 Å². The van der Waals surface area contributed by atoms with Crippen molar-refractivity contribution in [3.8, 4) is 0 Å². The van der Waals surface area contributed by atoms with Crippen molar-refractivity contribution in [1.29, 1.82) is 0 Å². The van der Waals surface area contributed by atoms with Crippen molar-refractivity contribution in [3.05, 3.63) is 34.4 Å². The molecule has 1 heterocycles. The topological polar surface area (TPSA) is 3.24 Å². The Kier molecular flexibility index (Phi) is 4.38. The SMILES string of the molecule is CCN(CC)C1=CC=C(C2CC=C(C)S2)CC1. The quantitative estimate of drug-likeness (QED) is 0.729. The molecule has 0 amide bonds. The van der Waals surface area contributed by atoms with Gasteiger partial charge in [0.2, 0.25) is 0 Å². The lowest BCUT2D eigenvalue weighted by atomic mass is 9.97. The molecule has 2 aliphatic rings. The Labute approximate surface area is 110 Å². The van der Waals surface area contributed by atoms with Crippen LogP contribution in [-0.2, 0) is 0 Å². The number of hydrogen-bond acceptors (Lipinski definition) is 2. The van der Waals surface area contributed by atoms with Crippen molar-refractivity contribution in [3.63, 3.8) is 0 Å². The molecule has 0 aromatic heterocycles. The molecule has 0 aromatic rings. The van der Waals surface area contributed by atoms with Crippen LogP contribution in [0, 0.1) is 0 Å². The third-order valence-corrected chi connectivity index (χ3v) is 5.01. The molecule has 94 valence electrons. The van der Waals surface area contributed by atoms with Crippen molar-refractivity contribution < 1.29 is 0 Å². The molecule has 1 aliphatic heterocycles. The number of allylic oxidation sites excluding steroid dienone is 5. The molecule has 0 bridgehead atoms. The highest BCUT2D eigenvalue weighted by atomic mass is 32.2. The van der Waals surface area contributed by atoms with Gasteiger partial charge in [0.25, 0.3) is 0 Å². The summed E-state index contributed by atoms with van der Waals surface area (Å²) in [4.78, 5) is 3.97. The van der Waals surface area contributed by atoms with Gasteiger partial charge in [-0.05, 0) is 51.0 Å². The molecule has 0 aromatic carbocycles. The number of rotatable bonds is 4. The van der Waals surface area contributed by atoms with Crippen LogP contribution in [0.3, 0.4) is 0 Å². The molecule has 0 spiro atoms. The van der Waals surface area contributed by atoms with E-state index in [0.717, 1.165) is 18.3 Å². The fourth-order valence-corrected chi connectivity index (χ4v) is 3.81. The molecule has 2 heteroatoms. The predicted molar refractivity (Wildman–Crippen MR) is 78.1 cm³/mol. The molecule has 1 aliphatic carbocycles. The van der Waals surface area contributed by atoms with Gasteiger partial charge in [0.1, 0.15) is 0 Å². The van der Waals surface area contributed by atoms with Gasteiger partial charge in [-0.2, -0.15) is 0 Å². The third kappa shape index (κ3) is 2.98. The first-order chi connectivity index (χ1) is 8.24. The van der Waals surface area contributed by atoms with E-state index in [1.165, 1.54) is 29.9 Å². The van der Waals surface area contributed by atoms with E-state index in [0.29, 0.717) is 0 Å². The van der Waals surface area contributed by atoms with Gasteiger partial charge < -0.3 is 4.90 Å². The van der Waals surface area contributed by atoms with Crippen LogP contribution in [0.15, 0.2) is 34.4 Å². The van der Waals surface area contributed by atoms with E-state index in [-0.39, 0.29) is 0 Å². The van der Waals surface area contributed by atoms with Crippen LogP contribution >= 0.6 is 11.8 Å². The molecule has 1 atom stereocenters. The molecule has 1 nitrogen and oxygen atoms in total. The van der Waals surface area contributed by atoms with Crippen LogP contribution in [0.5, 0.6) is 0 Å². The third-order valence-electron chi connectivity index (χ3n) is 3.69. The van der Waals surface area contributed by atoms with Gasteiger partial charge >= 0.3 is 0 Å². The van der Waals surface area contributed by atoms with Crippen molar-refractivity contribution in [2.24, 2.45) is 0 Å². The molecule has 0 radical (unpaired) electrons. The zero-order valence-corrected chi connectivity index (χ0v) is 12.0. The lowest BCUT2D eigenvalue weighted by molar-refractivity contribution is 0.366. The molecule has 17 heavy (non-hydrogen) atoms. The molecular formula is C15H23NS. The molecule has 2 rings (SSSR count). The van der Waals surface area contributed by atoms with Gasteiger partial charge in [-0.1, -0.05) is 17.7 Å². The van der Waals surface area contributed by atoms with Crippen LogP contribution in [0.2, 0.25) is 0 Å². The van der Waals surface area contributed by atoms with Crippen LogP contribution < -0.4 is 0 Å². The van der Waals surface area contributed by atoms with Crippen LogP contribution in [0.1, 0.15) is 40.0 Å². The maximum Gasteiger partial charge on any atom is 0.0338 e. The second-order valence-corrected chi connectivity index (χ2v) is 6.18. The van der Waals surface area contributed by atoms with Gasteiger partial charge in [0, 0.05) is 24.0 Å². The summed E-state index contributed by atoms with van der Waals surface area (Å²) in [5.74, 6) is 0. The second-order valence-electron chi connectivity index (χ2n) is 4.73. The Morgan fingerprint density at radius 1 is 1.24 bits per heavy atom. The molecule has 1 unspecified atom stereocenters. The summed E-state index contributed by atoms with van der Waals surface area (Å²) in [6, 6.07) is 0. The minimum Gasteiger partial charge on any atom is -0.375 e. The van der Waals surface area contributed by atoms with E-state index in [1.54, 1.807) is 5.57 Å². The Hall–Kier alpha value is -0.630. The zero-order chi connectivity index (χ0) is 12.3. The predicted octanol–water partition coefficient (Wildman–Crippen LogP) is 4.34. The first-order valence-electron chi connectivity index (χ1n) is 6.72. The molecule has 0 fully saturated rings. The van der Waals surface area contributed by atoms with E-state index >= 15 is 0 Å². The Morgan fingerprint density at radius 2 is 2.00 bits per heavy atom. The fourth-order valence-electron chi connectivity index (χ4n) is 2.62. The summed E-state index contributed by atoms with van der Waals surface area (Å²) in [5.41, 5.74) is 3.16. The number of thioether (sulfide) groups is 1. The van der Waals surface area contributed by atoms with Crippen molar-refractivity contribution in [2.75, 3.05) is 13.1 Å². The highest BCUT2D eigenvalue weighted by molar-refractivity contribution is 8.04. The lowest BCUT2D eigenvalue weighted by Gasteiger charge is -2.28. The van der Waals surface area contributed by atoms with Gasteiger partial charge in [-0.25, -0.2) is 0 Å². The Balaban J connectivity index is 2.00. The second kappa shape index (κ2) is 5.81. The summed E-state index contributed by atoms with van der Waals surface area (Å²) in [7, 11) is 0. The maximum atomic E-state index is 2.47. The van der Waals surface area contributed by atoms with Gasteiger partial charge in [0.05, 0.1) is 0 Å². The van der Waals surface area contributed by atoms with Crippen LogP contribution in [-0.4, -0.2) is 23.2 Å². The number of hydrogen-bond donors (Lipinski definition) is 0. The lowest BCUT2D eigenvalue weighted by Crippen LogP contribution is -2.23. The number of nitrogens with zero attached hydrogens (tertiary/aromatic N) is 1. The molecule has 0 saturated heterocycles. The van der Waals surface area contributed by atoms with Crippen LogP contribution in [0.25, 0.3) is 0 Å². The zero-order valence-electron chi connectivity index (χ0n) is 11.2. The normalized spacial score (nSPS) is 24.2. The van der Waals surface area contributed by atoms with Gasteiger partial charge in [0.15, 0.2) is 0 Å². The van der Waals surface area contributed by atoms with E-state index < -0.39 is 0 Å². The highest BCUT2D eigenvalue weighted by Gasteiger charge is 2.21. The first kappa shape index (κ1) is 12.8. The Bertz CT molecular complexity index is 361. The molecule has 0 saturated carbocycles. The average Bonchev–Trinajstić information content (AvgIpc) is 2.78. The largest absolute Gasteiger partial charge is 0.375 e. The van der Waals surface area contributed by atoms with E-state index in [1.807, 2.05) is 11.8 Å². The van der Waals surface area contributed by atoms with Crippen molar-refractivity contribution in [2.45, 2.75) is 45.3 Å². The molecule has 0 N–H and O–H groups in total. The highest BCUT2D eigenvalue weighted by Crippen LogP contribution is 2.39. The summed E-state index contributed by atoms with van der Waals surface area (Å²) in [5, 5.41) is 0.726. The smallest absolute Gasteiger partial charge is 0.0338 e. The molecular weight excluding hydrogens is 226 g/mol. The fraction of sp³-hybridized carbons (Fsp3) is 0.600. The summed E-state index contributed by atoms with van der Waals surface area (Å²) in [6.45, 7) is 8.97. The van der Waals surface area contributed by atoms with Crippen molar-refractivity contribution in [1.82, 2.24) is 4.90 Å². The van der Waals surface area contributed by atoms with Crippen molar-refractivity contribution >= 4 is 11.8 Å². The van der Waals surface area contributed by atoms with E-state index in [9.17, 15) is 0 Å². The first-order valence-corrected chi connectivity index (χ1v) is 7.60. The summed E-state index contributed by atoms with van der Waals surface area (Å²) < 4.78 is 0. The van der Waals surface area contributed by atoms with E-state index in [2.05, 4.69) is 43.9 Å². The van der Waals surface area contributed by atoms with E-state index in [4.69, 9.17) is 0 Å². The average molecular weight is 249 g/mol. The Morgan fingerprint density at radius 3 is 2.47 bits per heavy atom.